The van der Waals surface area contributed by atoms with Gasteiger partial charge in [-0.2, -0.15) is 0 Å². The molecule has 3 saturated heterocycles. The summed E-state index contributed by atoms with van der Waals surface area (Å²) in [6.45, 7) is 1.81. The van der Waals surface area contributed by atoms with Crippen molar-refractivity contribution >= 4 is 29.2 Å². The monoisotopic (exact) mass is 343 g/mol. The molecule has 25 heavy (non-hydrogen) atoms. The molecule has 0 aromatic heterocycles. The SMILES string of the molecule is NC(=O)[C@]12[CH]CCN1C(=O)N(c1ccc(N3CCOCC3=O)cc1)C2. The topological polar surface area (TPSA) is 96.2 Å². The average molecular weight is 343 g/mol. The van der Waals surface area contributed by atoms with Gasteiger partial charge in [-0.1, -0.05) is 0 Å². The van der Waals surface area contributed by atoms with Gasteiger partial charge >= 0.3 is 6.03 Å². The van der Waals surface area contributed by atoms with Gasteiger partial charge in [0.2, 0.25) is 5.91 Å². The zero-order valence-corrected chi connectivity index (χ0v) is 13.7. The fourth-order valence-electron chi connectivity index (χ4n) is 3.73. The normalized spacial score (nSPS) is 26.3. The Balaban J connectivity index is 1.58. The van der Waals surface area contributed by atoms with Gasteiger partial charge in [-0.15, -0.1) is 0 Å². The number of carbonyl (C=O) groups excluding carboxylic acids is 3. The first-order chi connectivity index (χ1) is 12.0. The van der Waals surface area contributed by atoms with Gasteiger partial charge in [-0.3, -0.25) is 14.5 Å². The molecule has 2 N–H and O–H groups in total. The molecular weight excluding hydrogens is 324 g/mol. The number of rotatable bonds is 3. The van der Waals surface area contributed by atoms with E-state index in [0.717, 1.165) is 5.69 Å². The van der Waals surface area contributed by atoms with E-state index in [4.69, 9.17) is 10.5 Å². The quantitative estimate of drug-likeness (QED) is 0.843. The van der Waals surface area contributed by atoms with Crippen molar-refractivity contribution in [3.63, 3.8) is 0 Å². The zero-order chi connectivity index (χ0) is 17.6. The number of hydrogen-bond acceptors (Lipinski definition) is 4. The molecule has 0 aliphatic carbocycles. The highest BCUT2D eigenvalue weighted by molar-refractivity contribution is 6.04. The smallest absolute Gasteiger partial charge is 0.325 e. The van der Waals surface area contributed by atoms with Gasteiger partial charge in [-0.25, -0.2) is 4.79 Å². The zero-order valence-electron chi connectivity index (χ0n) is 13.7. The maximum Gasteiger partial charge on any atom is 0.325 e. The minimum atomic E-state index is -1.02. The Labute approximate surface area is 145 Å². The van der Waals surface area contributed by atoms with Gasteiger partial charge in [0, 0.05) is 30.9 Å². The molecule has 0 saturated carbocycles. The molecule has 1 aromatic rings. The number of carbonyl (C=O) groups is 3. The summed E-state index contributed by atoms with van der Waals surface area (Å²) < 4.78 is 5.13. The highest BCUT2D eigenvalue weighted by Gasteiger charge is 2.56. The van der Waals surface area contributed by atoms with Crippen molar-refractivity contribution in [1.82, 2.24) is 4.90 Å². The third-order valence-corrected chi connectivity index (χ3v) is 5.06. The summed E-state index contributed by atoms with van der Waals surface area (Å²) in [7, 11) is 0. The molecule has 0 spiro atoms. The second kappa shape index (κ2) is 5.73. The Bertz CT molecular complexity index is 735. The van der Waals surface area contributed by atoms with Gasteiger partial charge in [0.1, 0.15) is 12.1 Å². The molecule has 0 unspecified atom stereocenters. The van der Waals surface area contributed by atoms with Crippen LogP contribution in [0.25, 0.3) is 0 Å². The predicted octanol–water partition coefficient (Wildman–Crippen LogP) is 0.124. The molecule has 3 aliphatic rings. The van der Waals surface area contributed by atoms with Crippen LogP contribution in [0, 0.1) is 6.42 Å². The number of primary amides is 1. The third kappa shape index (κ3) is 2.36. The molecule has 131 valence electrons. The molecule has 0 bridgehead atoms. The predicted molar refractivity (Wildman–Crippen MR) is 89.9 cm³/mol. The van der Waals surface area contributed by atoms with Crippen LogP contribution in [0.2, 0.25) is 0 Å². The molecule has 8 heteroatoms. The minimum absolute atomic E-state index is 0.0816. The Hall–Kier alpha value is -2.61. The Morgan fingerprint density at radius 2 is 1.76 bits per heavy atom. The van der Waals surface area contributed by atoms with Gasteiger partial charge in [0.25, 0.3) is 5.91 Å². The van der Waals surface area contributed by atoms with E-state index < -0.39 is 11.4 Å². The molecule has 4 rings (SSSR count). The van der Waals surface area contributed by atoms with Crippen LogP contribution in [0.1, 0.15) is 6.42 Å². The van der Waals surface area contributed by atoms with Crippen LogP contribution in [0.3, 0.4) is 0 Å². The van der Waals surface area contributed by atoms with Gasteiger partial charge in [0.05, 0.1) is 13.2 Å². The summed E-state index contributed by atoms with van der Waals surface area (Å²) in [5, 5.41) is 0. The number of amides is 4. The second-order valence-corrected chi connectivity index (χ2v) is 6.42. The lowest BCUT2D eigenvalue weighted by atomic mass is 9.96. The lowest BCUT2D eigenvalue weighted by Gasteiger charge is -2.27. The molecule has 3 fully saturated rings. The first-order valence-electron chi connectivity index (χ1n) is 8.24. The van der Waals surface area contributed by atoms with Gasteiger partial charge in [-0.05, 0) is 30.7 Å². The number of morpholine rings is 1. The van der Waals surface area contributed by atoms with Crippen LogP contribution in [0.4, 0.5) is 16.2 Å². The number of hydrogen-bond donors (Lipinski definition) is 1. The lowest BCUT2D eigenvalue weighted by Crippen LogP contribution is -2.53. The fraction of sp³-hybridized carbons (Fsp3) is 0.412. The van der Waals surface area contributed by atoms with Crippen LogP contribution in [0.15, 0.2) is 24.3 Å². The summed E-state index contributed by atoms with van der Waals surface area (Å²) in [5.41, 5.74) is 5.99. The van der Waals surface area contributed by atoms with Crippen LogP contribution in [-0.4, -0.2) is 61.1 Å². The number of benzene rings is 1. The summed E-state index contributed by atoms with van der Waals surface area (Å²) >= 11 is 0. The maximum atomic E-state index is 12.7. The van der Waals surface area contributed by atoms with E-state index in [1.165, 1.54) is 4.90 Å². The van der Waals surface area contributed by atoms with Crippen molar-refractivity contribution in [3.8, 4) is 0 Å². The van der Waals surface area contributed by atoms with Crippen molar-refractivity contribution in [2.45, 2.75) is 12.0 Å². The van der Waals surface area contributed by atoms with Crippen LogP contribution in [0.5, 0.6) is 0 Å². The first kappa shape index (κ1) is 15.9. The van der Waals surface area contributed by atoms with E-state index in [0.29, 0.717) is 31.8 Å². The summed E-state index contributed by atoms with van der Waals surface area (Å²) in [6.07, 6.45) is 2.49. The van der Waals surface area contributed by atoms with E-state index in [2.05, 4.69) is 0 Å². The minimum Gasteiger partial charge on any atom is -0.370 e. The van der Waals surface area contributed by atoms with Crippen LogP contribution in [-0.2, 0) is 14.3 Å². The molecule has 4 amide bonds. The Kier molecular flexibility index (Phi) is 3.64. The van der Waals surface area contributed by atoms with Gasteiger partial charge in [0.15, 0.2) is 0 Å². The molecule has 1 atom stereocenters. The van der Waals surface area contributed by atoms with Crippen LogP contribution < -0.4 is 15.5 Å². The standard InChI is InChI=1S/C17H19N4O4/c18-15(23)17-6-1-7-21(17)16(24)20(11-17)13-4-2-12(3-5-13)19-8-9-25-10-14(19)22/h2-6H,1,7-11H2,(H2,18,23)/t17-/m1/s1. The molecule has 8 nitrogen and oxygen atoms in total. The lowest BCUT2D eigenvalue weighted by molar-refractivity contribution is -0.126. The summed E-state index contributed by atoms with van der Waals surface area (Å²) in [4.78, 5) is 41.3. The van der Waals surface area contributed by atoms with Crippen LogP contribution >= 0.6 is 0 Å². The molecular formula is C17H19N4O4. The number of urea groups is 1. The molecule has 1 aromatic carbocycles. The highest BCUT2D eigenvalue weighted by atomic mass is 16.5. The number of ether oxygens (including phenoxy) is 1. The van der Waals surface area contributed by atoms with Crippen molar-refractivity contribution in [2.24, 2.45) is 5.73 Å². The van der Waals surface area contributed by atoms with E-state index in [1.54, 1.807) is 34.1 Å². The molecule has 1 radical (unpaired) electrons. The molecule has 3 heterocycles. The second-order valence-electron chi connectivity index (χ2n) is 6.42. The average Bonchev–Trinajstić information content (AvgIpc) is 3.15. The number of anilines is 2. The fourth-order valence-corrected chi connectivity index (χ4v) is 3.73. The summed E-state index contributed by atoms with van der Waals surface area (Å²) in [6, 6.07) is 6.95. The first-order valence-corrected chi connectivity index (χ1v) is 8.24. The van der Waals surface area contributed by atoms with Crippen molar-refractivity contribution < 1.29 is 19.1 Å². The maximum absolute atomic E-state index is 12.7. The third-order valence-electron chi connectivity index (χ3n) is 5.06. The van der Waals surface area contributed by atoms with Gasteiger partial charge < -0.3 is 20.3 Å². The van der Waals surface area contributed by atoms with Crippen molar-refractivity contribution in [2.75, 3.05) is 42.6 Å². The Morgan fingerprint density at radius 1 is 1.08 bits per heavy atom. The number of nitrogens with two attached hydrogens (primary N) is 1. The molecule has 3 aliphatic heterocycles. The number of fused-ring (bicyclic) bond motifs is 1. The van der Waals surface area contributed by atoms with E-state index >= 15 is 0 Å². The van der Waals surface area contributed by atoms with Crippen molar-refractivity contribution in [1.29, 1.82) is 0 Å². The Morgan fingerprint density at radius 3 is 2.36 bits per heavy atom. The van der Waals surface area contributed by atoms with E-state index in [-0.39, 0.29) is 25.1 Å². The summed E-state index contributed by atoms with van der Waals surface area (Å²) in [5.74, 6) is -0.587. The highest BCUT2D eigenvalue weighted by Crippen LogP contribution is 2.38. The number of nitrogens with zero attached hydrogens (tertiary/aromatic N) is 3. The van der Waals surface area contributed by atoms with Crippen molar-refractivity contribution in [3.05, 3.63) is 30.7 Å². The van der Waals surface area contributed by atoms with E-state index in [9.17, 15) is 14.4 Å². The van der Waals surface area contributed by atoms with E-state index in [1.807, 2.05) is 6.42 Å². The largest absolute Gasteiger partial charge is 0.370 e.